The van der Waals surface area contributed by atoms with Gasteiger partial charge in [-0.3, -0.25) is 15.0 Å². The predicted molar refractivity (Wildman–Crippen MR) is 115 cm³/mol. The van der Waals surface area contributed by atoms with Gasteiger partial charge in [0.25, 0.3) is 5.69 Å². The molecule has 3 aromatic carbocycles. The molecule has 2 heterocycles. The van der Waals surface area contributed by atoms with Crippen molar-refractivity contribution < 1.29 is 14.8 Å². The van der Waals surface area contributed by atoms with Crippen LogP contribution in [0, 0.1) is 10.1 Å². The molecule has 1 aromatic heterocycles. The second kappa shape index (κ2) is 7.44. The van der Waals surface area contributed by atoms with E-state index in [9.17, 15) is 15.2 Å². The van der Waals surface area contributed by atoms with E-state index in [1.165, 1.54) is 12.1 Å². The molecule has 4 aromatic rings. The molecule has 0 spiro atoms. The lowest BCUT2D eigenvalue weighted by Crippen LogP contribution is -2.39. The number of nitro groups is 1. The second-order valence-electron chi connectivity index (χ2n) is 7.50. The summed E-state index contributed by atoms with van der Waals surface area (Å²) >= 11 is 0. The largest absolute Gasteiger partial charge is 0.507 e. The van der Waals surface area contributed by atoms with Crippen LogP contribution in [0.25, 0.3) is 21.8 Å². The van der Waals surface area contributed by atoms with E-state index in [0.717, 1.165) is 32.9 Å². The number of H-pyrrole nitrogens is 1. The molecule has 1 saturated heterocycles. The summed E-state index contributed by atoms with van der Waals surface area (Å²) in [6.45, 7) is 2.65. The molecular formula is C23H21N3O4. The maximum Gasteiger partial charge on any atom is 0.269 e. The molecule has 30 heavy (non-hydrogen) atoms. The summed E-state index contributed by atoms with van der Waals surface area (Å²) in [4.78, 5) is 16.3. The summed E-state index contributed by atoms with van der Waals surface area (Å²) in [5.74, 6) is 0.236. The van der Waals surface area contributed by atoms with Crippen LogP contribution in [0.5, 0.6) is 5.75 Å². The lowest BCUT2D eigenvalue weighted by Gasteiger charge is -2.35. The molecule has 0 saturated carbocycles. The third-order valence-corrected chi connectivity index (χ3v) is 5.80. The third-order valence-electron chi connectivity index (χ3n) is 5.80. The van der Waals surface area contributed by atoms with E-state index in [2.05, 4.69) is 9.88 Å². The number of nitro benzene ring substituents is 1. The van der Waals surface area contributed by atoms with Crippen LogP contribution in [-0.2, 0) is 4.74 Å². The molecule has 0 aliphatic carbocycles. The highest BCUT2D eigenvalue weighted by Gasteiger charge is 2.28. The molecule has 1 aliphatic heterocycles. The Hall–Kier alpha value is -3.42. The minimum Gasteiger partial charge on any atom is -0.507 e. The van der Waals surface area contributed by atoms with E-state index in [1.807, 2.05) is 36.4 Å². The topological polar surface area (TPSA) is 91.6 Å². The number of morpholine rings is 1. The van der Waals surface area contributed by atoms with Gasteiger partial charge < -0.3 is 14.8 Å². The number of nitrogens with zero attached hydrogens (tertiary/aromatic N) is 2. The highest BCUT2D eigenvalue weighted by molar-refractivity contribution is 6.10. The molecule has 1 unspecified atom stereocenters. The average molecular weight is 403 g/mol. The smallest absolute Gasteiger partial charge is 0.269 e. The summed E-state index contributed by atoms with van der Waals surface area (Å²) in [5, 5.41) is 24.2. The number of rotatable bonds is 4. The van der Waals surface area contributed by atoms with Crippen molar-refractivity contribution in [3.63, 3.8) is 0 Å². The van der Waals surface area contributed by atoms with Gasteiger partial charge in [-0.2, -0.15) is 0 Å². The third kappa shape index (κ3) is 3.08. The minimum absolute atomic E-state index is 0.0516. The quantitative estimate of drug-likeness (QED) is 0.390. The molecule has 7 heteroatoms. The Morgan fingerprint density at radius 1 is 1.00 bits per heavy atom. The van der Waals surface area contributed by atoms with Crippen LogP contribution in [0.4, 0.5) is 5.69 Å². The van der Waals surface area contributed by atoms with Crippen LogP contribution in [-0.4, -0.2) is 46.2 Å². The fourth-order valence-corrected chi connectivity index (χ4v) is 4.36. The van der Waals surface area contributed by atoms with Crippen LogP contribution in [0.1, 0.15) is 17.2 Å². The number of hydrogen-bond acceptors (Lipinski definition) is 5. The number of para-hydroxylation sites is 1. The maximum atomic E-state index is 11.4. The number of non-ortho nitro benzene ring substituents is 1. The van der Waals surface area contributed by atoms with E-state index < -0.39 is 4.92 Å². The lowest BCUT2D eigenvalue weighted by atomic mass is 9.94. The highest BCUT2D eigenvalue weighted by Crippen LogP contribution is 2.41. The van der Waals surface area contributed by atoms with Crippen molar-refractivity contribution in [1.82, 2.24) is 9.88 Å². The van der Waals surface area contributed by atoms with Crippen molar-refractivity contribution >= 4 is 27.5 Å². The molecule has 1 fully saturated rings. The number of benzene rings is 3. The van der Waals surface area contributed by atoms with E-state index in [-0.39, 0.29) is 17.5 Å². The van der Waals surface area contributed by atoms with Gasteiger partial charge in [0.2, 0.25) is 0 Å². The zero-order chi connectivity index (χ0) is 20.7. The Labute approximate surface area is 172 Å². The predicted octanol–water partition coefficient (Wildman–Crippen LogP) is 4.36. The van der Waals surface area contributed by atoms with Crippen LogP contribution < -0.4 is 0 Å². The van der Waals surface area contributed by atoms with Crippen LogP contribution in [0.15, 0.2) is 60.7 Å². The molecule has 7 nitrogen and oxygen atoms in total. The van der Waals surface area contributed by atoms with E-state index >= 15 is 0 Å². The summed E-state index contributed by atoms with van der Waals surface area (Å²) < 4.78 is 5.52. The minimum atomic E-state index is -0.400. The number of aromatic nitrogens is 1. The molecule has 0 bridgehead atoms. The lowest BCUT2D eigenvalue weighted by molar-refractivity contribution is -0.384. The van der Waals surface area contributed by atoms with Gasteiger partial charge in [-0.15, -0.1) is 0 Å². The van der Waals surface area contributed by atoms with Crippen molar-refractivity contribution in [1.29, 1.82) is 0 Å². The molecule has 2 N–H and O–H groups in total. The van der Waals surface area contributed by atoms with Crippen molar-refractivity contribution in [2.45, 2.75) is 6.04 Å². The average Bonchev–Trinajstić information content (AvgIpc) is 3.16. The fraction of sp³-hybridized carbons (Fsp3) is 0.217. The van der Waals surface area contributed by atoms with Crippen molar-refractivity contribution in [2.24, 2.45) is 0 Å². The van der Waals surface area contributed by atoms with Gasteiger partial charge in [0.1, 0.15) is 5.75 Å². The molecule has 0 amide bonds. The van der Waals surface area contributed by atoms with Crippen molar-refractivity contribution in [3.8, 4) is 5.75 Å². The second-order valence-corrected chi connectivity index (χ2v) is 7.50. The van der Waals surface area contributed by atoms with Crippen LogP contribution in [0.2, 0.25) is 0 Å². The first-order chi connectivity index (χ1) is 14.6. The number of aromatic hydroxyl groups is 1. The molecule has 1 atom stereocenters. The Morgan fingerprint density at radius 3 is 2.47 bits per heavy atom. The summed E-state index contributed by atoms with van der Waals surface area (Å²) in [6.07, 6.45) is 0. The Kier molecular flexibility index (Phi) is 4.61. The zero-order valence-electron chi connectivity index (χ0n) is 16.2. The number of nitrogens with one attached hydrogen (secondary N) is 1. The van der Waals surface area contributed by atoms with Gasteiger partial charge in [-0.1, -0.05) is 36.4 Å². The van der Waals surface area contributed by atoms with Crippen LogP contribution in [0.3, 0.4) is 0 Å². The zero-order valence-corrected chi connectivity index (χ0v) is 16.2. The number of aromatic amines is 1. The molecule has 1 aliphatic rings. The summed E-state index contributed by atoms with van der Waals surface area (Å²) in [5.41, 5.74) is 3.58. The van der Waals surface area contributed by atoms with E-state index in [0.29, 0.717) is 26.3 Å². The monoisotopic (exact) mass is 403 g/mol. The summed E-state index contributed by atoms with van der Waals surface area (Å²) in [7, 11) is 0. The molecular weight excluding hydrogens is 382 g/mol. The van der Waals surface area contributed by atoms with Gasteiger partial charge in [0, 0.05) is 47.1 Å². The highest BCUT2D eigenvalue weighted by atomic mass is 16.6. The van der Waals surface area contributed by atoms with Gasteiger partial charge in [-0.05, 0) is 17.7 Å². The Balaban J connectivity index is 1.68. The Bertz CT molecular complexity index is 1230. The number of fused-ring (bicyclic) bond motifs is 3. The molecule has 0 radical (unpaired) electrons. The van der Waals surface area contributed by atoms with Crippen LogP contribution >= 0.6 is 0 Å². The Morgan fingerprint density at radius 2 is 1.73 bits per heavy atom. The van der Waals surface area contributed by atoms with Crippen molar-refractivity contribution in [3.05, 3.63) is 81.9 Å². The fourth-order valence-electron chi connectivity index (χ4n) is 4.36. The van der Waals surface area contributed by atoms with Gasteiger partial charge in [0.15, 0.2) is 0 Å². The standard InChI is InChI=1S/C23H21N3O4/c27-23-18(9-10-20-21(23)17-3-1-2-4-19(17)24-20)22(25-11-13-30-14-12-25)15-5-7-16(8-6-15)26(28)29/h1-10,22,24,27H,11-14H2. The number of phenolic OH excluding ortho intramolecular Hbond substituents is 1. The first-order valence-corrected chi connectivity index (χ1v) is 9.92. The SMILES string of the molecule is O=[N+]([O-])c1ccc(C(c2ccc3[nH]c4ccccc4c3c2O)N2CCOCC2)cc1. The summed E-state index contributed by atoms with van der Waals surface area (Å²) in [6, 6.07) is 18.2. The molecule has 5 rings (SSSR count). The number of hydrogen-bond donors (Lipinski definition) is 2. The number of phenols is 1. The first-order valence-electron chi connectivity index (χ1n) is 9.92. The number of ether oxygens (including phenoxy) is 1. The van der Waals surface area contributed by atoms with Crippen molar-refractivity contribution in [2.75, 3.05) is 26.3 Å². The van der Waals surface area contributed by atoms with E-state index in [1.54, 1.807) is 12.1 Å². The van der Waals surface area contributed by atoms with Gasteiger partial charge >= 0.3 is 0 Å². The van der Waals surface area contributed by atoms with Gasteiger partial charge in [-0.25, -0.2) is 0 Å². The maximum absolute atomic E-state index is 11.4. The normalized spacial score (nSPS) is 16.1. The molecule has 152 valence electrons. The van der Waals surface area contributed by atoms with E-state index in [4.69, 9.17) is 4.74 Å². The first kappa shape index (κ1) is 18.6. The van der Waals surface area contributed by atoms with Gasteiger partial charge in [0.05, 0.1) is 29.7 Å².